The average Bonchev–Trinajstić information content (AvgIpc) is 2.83. The quantitative estimate of drug-likeness (QED) is 0.862. The van der Waals surface area contributed by atoms with Crippen LogP contribution in [0.1, 0.15) is 54.9 Å². The van der Waals surface area contributed by atoms with Gasteiger partial charge in [0, 0.05) is 31.0 Å². The number of aromatic nitrogens is 2. The Morgan fingerprint density at radius 1 is 1.20 bits per heavy atom. The van der Waals surface area contributed by atoms with Gasteiger partial charge in [0.25, 0.3) is 0 Å². The molecule has 20 heavy (non-hydrogen) atoms. The maximum absolute atomic E-state index is 13.2. The van der Waals surface area contributed by atoms with Gasteiger partial charge in [0.2, 0.25) is 0 Å². The molecule has 3 rings (SSSR count). The third-order valence-corrected chi connectivity index (χ3v) is 4.28. The van der Waals surface area contributed by atoms with Crippen LogP contribution in [0.5, 0.6) is 0 Å². The standard InChI is InChI=1S/C14H18F3N3/c1-8-2-3-9(6-8)13-19-11-4-5-18-7-10(11)12(20-13)14(15,16)17/h8-9,18H,2-7H2,1H3. The molecule has 1 saturated carbocycles. The molecule has 0 spiro atoms. The van der Waals surface area contributed by atoms with Crippen LogP contribution >= 0.6 is 0 Å². The smallest absolute Gasteiger partial charge is 0.312 e. The highest BCUT2D eigenvalue weighted by molar-refractivity contribution is 5.31. The monoisotopic (exact) mass is 285 g/mol. The van der Waals surface area contributed by atoms with Crippen molar-refractivity contribution in [1.82, 2.24) is 15.3 Å². The Morgan fingerprint density at radius 3 is 2.65 bits per heavy atom. The van der Waals surface area contributed by atoms with Crippen molar-refractivity contribution >= 4 is 0 Å². The van der Waals surface area contributed by atoms with Gasteiger partial charge >= 0.3 is 6.18 Å². The van der Waals surface area contributed by atoms with Crippen LogP contribution in [0, 0.1) is 5.92 Å². The summed E-state index contributed by atoms with van der Waals surface area (Å²) in [5.41, 5.74) is 0.0865. The number of alkyl halides is 3. The minimum Gasteiger partial charge on any atom is -0.312 e. The molecule has 0 aromatic carbocycles. The molecule has 6 heteroatoms. The number of rotatable bonds is 1. The molecule has 0 radical (unpaired) electrons. The van der Waals surface area contributed by atoms with E-state index in [-0.39, 0.29) is 18.0 Å². The van der Waals surface area contributed by atoms with Gasteiger partial charge in [0.1, 0.15) is 5.82 Å². The third kappa shape index (κ3) is 2.53. The molecule has 1 N–H and O–H groups in total. The predicted octanol–water partition coefficient (Wildman–Crippen LogP) is 3.04. The van der Waals surface area contributed by atoms with Crippen molar-refractivity contribution in [3.63, 3.8) is 0 Å². The number of nitrogens with one attached hydrogen (secondary N) is 1. The van der Waals surface area contributed by atoms with Crippen molar-refractivity contribution in [2.75, 3.05) is 6.54 Å². The van der Waals surface area contributed by atoms with E-state index in [2.05, 4.69) is 22.2 Å². The number of fused-ring (bicyclic) bond motifs is 1. The van der Waals surface area contributed by atoms with Crippen molar-refractivity contribution in [3.05, 3.63) is 22.8 Å². The highest BCUT2D eigenvalue weighted by Crippen LogP contribution is 2.39. The summed E-state index contributed by atoms with van der Waals surface area (Å²) in [6.07, 6.45) is -1.00. The lowest BCUT2D eigenvalue weighted by molar-refractivity contribution is -0.142. The van der Waals surface area contributed by atoms with Gasteiger partial charge < -0.3 is 5.32 Å². The molecule has 1 aliphatic heterocycles. The first-order chi connectivity index (χ1) is 9.45. The summed E-state index contributed by atoms with van der Waals surface area (Å²) in [6.45, 7) is 3.03. The van der Waals surface area contributed by atoms with Gasteiger partial charge in [-0.3, -0.25) is 0 Å². The second-order valence-corrected chi connectivity index (χ2v) is 5.90. The summed E-state index contributed by atoms with van der Waals surface area (Å²) in [4.78, 5) is 8.35. The molecular formula is C14H18F3N3. The fourth-order valence-electron chi connectivity index (χ4n) is 3.22. The van der Waals surface area contributed by atoms with Crippen molar-refractivity contribution in [2.45, 2.75) is 51.2 Å². The summed E-state index contributed by atoms with van der Waals surface area (Å²) >= 11 is 0. The first-order valence-electron chi connectivity index (χ1n) is 7.12. The van der Waals surface area contributed by atoms with Crippen LogP contribution in [0.2, 0.25) is 0 Å². The summed E-state index contributed by atoms with van der Waals surface area (Å²) in [5, 5.41) is 2.97. The zero-order valence-corrected chi connectivity index (χ0v) is 11.4. The Morgan fingerprint density at radius 2 is 2.00 bits per heavy atom. The van der Waals surface area contributed by atoms with Crippen LogP contribution in [-0.2, 0) is 19.1 Å². The van der Waals surface area contributed by atoms with E-state index in [1.165, 1.54) is 0 Å². The Bertz CT molecular complexity index is 513. The number of hydrogen-bond acceptors (Lipinski definition) is 3. The van der Waals surface area contributed by atoms with Crippen LogP contribution in [0.25, 0.3) is 0 Å². The molecule has 3 nitrogen and oxygen atoms in total. The van der Waals surface area contributed by atoms with Gasteiger partial charge in [0.05, 0.1) is 5.69 Å². The second kappa shape index (κ2) is 4.98. The van der Waals surface area contributed by atoms with Gasteiger partial charge in [-0.25, -0.2) is 9.97 Å². The van der Waals surface area contributed by atoms with Gasteiger partial charge in [-0.1, -0.05) is 6.92 Å². The molecule has 1 aliphatic carbocycles. The first kappa shape index (κ1) is 13.8. The van der Waals surface area contributed by atoms with E-state index in [1.807, 2.05) is 0 Å². The van der Waals surface area contributed by atoms with Gasteiger partial charge in [0.15, 0.2) is 5.69 Å². The molecule has 2 unspecified atom stereocenters. The van der Waals surface area contributed by atoms with E-state index in [4.69, 9.17) is 0 Å². The summed E-state index contributed by atoms with van der Waals surface area (Å²) < 4.78 is 39.6. The largest absolute Gasteiger partial charge is 0.433 e. The minimum absolute atomic E-state index is 0.0892. The highest BCUT2D eigenvalue weighted by Gasteiger charge is 2.39. The molecule has 1 aromatic rings. The van der Waals surface area contributed by atoms with Crippen molar-refractivity contribution < 1.29 is 13.2 Å². The molecular weight excluding hydrogens is 267 g/mol. The van der Waals surface area contributed by atoms with Crippen molar-refractivity contribution in [2.24, 2.45) is 5.92 Å². The second-order valence-electron chi connectivity index (χ2n) is 5.90. The molecule has 2 heterocycles. The van der Waals surface area contributed by atoms with Crippen LogP contribution in [0.4, 0.5) is 13.2 Å². The summed E-state index contributed by atoms with van der Waals surface area (Å²) in [7, 11) is 0. The van der Waals surface area contributed by atoms with Crippen molar-refractivity contribution in [1.29, 1.82) is 0 Å². The van der Waals surface area contributed by atoms with E-state index in [0.29, 0.717) is 30.4 Å². The zero-order valence-electron chi connectivity index (χ0n) is 11.4. The van der Waals surface area contributed by atoms with Crippen LogP contribution in [-0.4, -0.2) is 16.5 Å². The maximum atomic E-state index is 13.2. The van der Waals surface area contributed by atoms with E-state index >= 15 is 0 Å². The lowest BCUT2D eigenvalue weighted by Crippen LogP contribution is -2.29. The lowest BCUT2D eigenvalue weighted by atomic mass is 10.0. The highest BCUT2D eigenvalue weighted by atomic mass is 19.4. The van der Waals surface area contributed by atoms with E-state index < -0.39 is 11.9 Å². The SMILES string of the molecule is CC1CCC(c2nc3c(c(C(F)(F)F)n2)CNCC3)C1. The van der Waals surface area contributed by atoms with Crippen LogP contribution < -0.4 is 5.32 Å². The molecule has 1 aromatic heterocycles. The molecule has 2 atom stereocenters. The fourth-order valence-corrected chi connectivity index (χ4v) is 3.22. The Hall–Kier alpha value is -1.17. The van der Waals surface area contributed by atoms with Gasteiger partial charge in [-0.2, -0.15) is 13.2 Å². The molecule has 2 aliphatic rings. The maximum Gasteiger partial charge on any atom is 0.433 e. The predicted molar refractivity (Wildman–Crippen MR) is 68.2 cm³/mol. The number of halogens is 3. The molecule has 1 fully saturated rings. The van der Waals surface area contributed by atoms with Crippen LogP contribution in [0.15, 0.2) is 0 Å². The summed E-state index contributed by atoms with van der Waals surface area (Å²) in [5.74, 6) is 1.05. The third-order valence-electron chi connectivity index (χ3n) is 4.28. The number of nitrogens with zero attached hydrogens (tertiary/aromatic N) is 2. The first-order valence-corrected chi connectivity index (χ1v) is 7.12. The van der Waals surface area contributed by atoms with E-state index in [0.717, 1.165) is 19.3 Å². The normalized spacial score (nSPS) is 26.6. The van der Waals surface area contributed by atoms with Gasteiger partial charge in [-0.05, 0) is 25.2 Å². The molecule has 0 saturated heterocycles. The number of hydrogen-bond donors (Lipinski definition) is 1. The lowest BCUT2D eigenvalue weighted by Gasteiger charge is -2.22. The Labute approximate surface area is 116 Å². The Kier molecular flexibility index (Phi) is 3.44. The van der Waals surface area contributed by atoms with Crippen molar-refractivity contribution in [3.8, 4) is 0 Å². The Balaban J connectivity index is 2.04. The van der Waals surface area contributed by atoms with E-state index in [1.54, 1.807) is 0 Å². The summed E-state index contributed by atoms with van der Waals surface area (Å²) in [6, 6.07) is 0. The van der Waals surface area contributed by atoms with Crippen LogP contribution in [0.3, 0.4) is 0 Å². The molecule has 0 bridgehead atoms. The average molecular weight is 285 g/mol. The van der Waals surface area contributed by atoms with E-state index in [9.17, 15) is 13.2 Å². The zero-order chi connectivity index (χ0) is 14.3. The topological polar surface area (TPSA) is 37.8 Å². The molecule has 110 valence electrons. The fraction of sp³-hybridized carbons (Fsp3) is 0.714. The molecule has 0 amide bonds. The van der Waals surface area contributed by atoms with Gasteiger partial charge in [-0.15, -0.1) is 0 Å². The minimum atomic E-state index is -4.40.